The molecule has 0 saturated heterocycles. The number of Topliss-reactive ketones (excluding diaryl/α,β-unsaturated/α-hetero) is 1. The van der Waals surface area contributed by atoms with Gasteiger partial charge in [0.2, 0.25) is 0 Å². The molecule has 2 rings (SSSR count). The predicted octanol–water partition coefficient (Wildman–Crippen LogP) is 3.21. The Labute approximate surface area is 113 Å². The molecular weight excluding hydrogens is 238 g/mol. The summed E-state index contributed by atoms with van der Waals surface area (Å²) in [5, 5.41) is 0. The average molecular weight is 255 g/mol. The smallest absolute Gasteiger partial charge is 0.163 e. The molecule has 3 heteroatoms. The predicted molar refractivity (Wildman–Crippen MR) is 74.6 cm³/mol. The summed E-state index contributed by atoms with van der Waals surface area (Å²) in [5.74, 6) is 0.996. The van der Waals surface area contributed by atoms with Crippen LogP contribution in [0.2, 0.25) is 0 Å². The highest BCUT2D eigenvalue weighted by Crippen LogP contribution is 2.15. The lowest BCUT2D eigenvalue weighted by atomic mass is 10.0. The quantitative estimate of drug-likeness (QED) is 0.770. The fraction of sp³-hybridized carbons (Fsp3) is 0.250. The van der Waals surface area contributed by atoms with Crippen molar-refractivity contribution >= 4 is 5.78 Å². The molecule has 3 nitrogen and oxygen atoms in total. The lowest BCUT2D eigenvalue weighted by molar-refractivity contribution is 0.0982. The number of methoxy groups -OCH3 is 1. The number of benzene rings is 1. The molecular formula is C16H17NO2. The molecule has 0 radical (unpaired) electrons. The van der Waals surface area contributed by atoms with Gasteiger partial charge in [-0.15, -0.1) is 0 Å². The molecule has 0 aliphatic carbocycles. The summed E-state index contributed by atoms with van der Waals surface area (Å²) in [5.41, 5.74) is 2.84. The van der Waals surface area contributed by atoms with Crippen molar-refractivity contribution in [2.45, 2.75) is 19.8 Å². The number of carbonyl (C=O) groups excluding carboxylic acids is 1. The fourth-order valence-corrected chi connectivity index (χ4v) is 1.97. The van der Waals surface area contributed by atoms with Crippen LogP contribution in [-0.2, 0) is 6.42 Å². The maximum atomic E-state index is 12.1. The van der Waals surface area contributed by atoms with Crippen LogP contribution < -0.4 is 4.74 Å². The summed E-state index contributed by atoms with van der Waals surface area (Å²) in [4.78, 5) is 16.1. The van der Waals surface area contributed by atoms with Gasteiger partial charge in [0, 0.05) is 24.4 Å². The molecule has 0 spiro atoms. The van der Waals surface area contributed by atoms with Gasteiger partial charge >= 0.3 is 0 Å². The van der Waals surface area contributed by atoms with E-state index in [0.717, 1.165) is 28.9 Å². The first kappa shape index (κ1) is 13.3. The maximum Gasteiger partial charge on any atom is 0.163 e. The zero-order chi connectivity index (χ0) is 13.7. The van der Waals surface area contributed by atoms with Gasteiger partial charge in [0.05, 0.1) is 7.11 Å². The molecule has 0 aliphatic rings. The summed E-state index contributed by atoms with van der Waals surface area (Å²) < 4.78 is 5.11. The minimum Gasteiger partial charge on any atom is -0.497 e. The number of ketones is 1. The first-order valence-corrected chi connectivity index (χ1v) is 6.27. The van der Waals surface area contributed by atoms with E-state index in [1.165, 1.54) is 0 Å². The Bertz CT molecular complexity index is 561. The second kappa shape index (κ2) is 6.14. The lowest BCUT2D eigenvalue weighted by Crippen LogP contribution is -2.03. The minimum absolute atomic E-state index is 0.163. The highest BCUT2D eigenvalue weighted by atomic mass is 16.5. The van der Waals surface area contributed by atoms with Crippen molar-refractivity contribution in [3.63, 3.8) is 0 Å². The molecule has 1 aromatic carbocycles. The van der Waals surface area contributed by atoms with Crippen LogP contribution in [0.15, 0.2) is 42.7 Å². The molecule has 0 atom stereocenters. The Hall–Kier alpha value is -2.16. The SMILES string of the molecule is COc1ccc(CCC(=O)c2ccncc2C)cc1. The molecule has 19 heavy (non-hydrogen) atoms. The Morgan fingerprint density at radius 3 is 2.58 bits per heavy atom. The van der Waals surface area contributed by atoms with Gasteiger partial charge in [0.15, 0.2) is 5.78 Å². The molecule has 0 saturated carbocycles. The topological polar surface area (TPSA) is 39.2 Å². The van der Waals surface area contributed by atoms with E-state index in [4.69, 9.17) is 4.74 Å². The van der Waals surface area contributed by atoms with Gasteiger partial charge < -0.3 is 4.74 Å². The summed E-state index contributed by atoms with van der Waals surface area (Å²) in [6, 6.07) is 9.59. The molecule has 0 amide bonds. The highest BCUT2D eigenvalue weighted by molar-refractivity contribution is 5.97. The normalized spacial score (nSPS) is 10.2. The van der Waals surface area contributed by atoms with Crippen molar-refractivity contribution in [1.29, 1.82) is 0 Å². The van der Waals surface area contributed by atoms with Crippen molar-refractivity contribution in [1.82, 2.24) is 4.98 Å². The van der Waals surface area contributed by atoms with Crippen LogP contribution in [0, 0.1) is 6.92 Å². The van der Waals surface area contributed by atoms with Crippen LogP contribution in [0.5, 0.6) is 5.75 Å². The van der Waals surface area contributed by atoms with Crippen molar-refractivity contribution in [2.75, 3.05) is 7.11 Å². The van der Waals surface area contributed by atoms with Gasteiger partial charge in [0.1, 0.15) is 5.75 Å². The number of aryl methyl sites for hydroxylation is 2. The number of pyridine rings is 1. The van der Waals surface area contributed by atoms with Crippen molar-refractivity contribution in [2.24, 2.45) is 0 Å². The third kappa shape index (κ3) is 3.41. The second-order valence-electron chi connectivity index (χ2n) is 4.46. The molecule has 2 aromatic rings. The van der Waals surface area contributed by atoms with E-state index in [0.29, 0.717) is 6.42 Å². The Balaban J connectivity index is 1.98. The summed E-state index contributed by atoms with van der Waals surface area (Å²) >= 11 is 0. The number of rotatable bonds is 5. The molecule has 0 N–H and O–H groups in total. The monoisotopic (exact) mass is 255 g/mol. The van der Waals surface area contributed by atoms with Crippen LogP contribution in [-0.4, -0.2) is 17.9 Å². The number of ether oxygens (including phenoxy) is 1. The molecule has 0 bridgehead atoms. The number of carbonyl (C=O) groups is 1. The largest absolute Gasteiger partial charge is 0.497 e. The first-order valence-electron chi connectivity index (χ1n) is 6.27. The second-order valence-corrected chi connectivity index (χ2v) is 4.46. The molecule has 0 aliphatic heterocycles. The van der Waals surface area contributed by atoms with E-state index in [-0.39, 0.29) is 5.78 Å². The molecule has 1 heterocycles. The van der Waals surface area contributed by atoms with Gasteiger partial charge in [-0.3, -0.25) is 9.78 Å². The van der Waals surface area contributed by atoms with E-state index in [9.17, 15) is 4.79 Å². The minimum atomic E-state index is 0.163. The Morgan fingerprint density at radius 1 is 1.21 bits per heavy atom. The van der Waals surface area contributed by atoms with Crippen molar-refractivity contribution in [3.05, 3.63) is 59.4 Å². The van der Waals surface area contributed by atoms with Crippen LogP contribution in [0.4, 0.5) is 0 Å². The molecule has 1 aromatic heterocycles. The van der Waals surface area contributed by atoms with E-state index < -0.39 is 0 Å². The number of aromatic nitrogens is 1. The standard InChI is InChI=1S/C16H17NO2/c1-12-11-17-10-9-15(12)16(18)8-5-13-3-6-14(19-2)7-4-13/h3-4,6-7,9-11H,5,8H2,1-2H3. The first-order chi connectivity index (χ1) is 9.20. The van der Waals surface area contributed by atoms with Crippen LogP contribution in [0.25, 0.3) is 0 Å². The summed E-state index contributed by atoms with van der Waals surface area (Å²) in [7, 11) is 1.64. The zero-order valence-electron chi connectivity index (χ0n) is 11.2. The average Bonchev–Trinajstić information content (AvgIpc) is 2.46. The van der Waals surface area contributed by atoms with Gasteiger partial charge in [0.25, 0.3) is 0 Å². The zero-order valence-corrected chi connectivity index (χ0v) is 11.2. The number of hydrogen-bond donors (Lipinski definition) is 0. The van der Waals surface area contributed by atoms with Gasteiger partial charge in [-0.2, -0.15) is 0 Å². The molecule has 98 valence electrons. The van der Waals surface area contributed by atoms with E-state index in [2.05, 4.69) is 4.98 Å². The van der Waals surface area contributed by atoms with E-state index in [1.807, 2.05) is 31.2 Å². The number of nitrogens with zero attached hydrogens (tertiary/aromatic N) is 1. The van der Waals surface area contributed by atoms with Gasteiger partial charge in [-0.05, 0) is 42.7 Å². The van der Waals surface area contributed by atoms with Crippen molar-refractivity contribution < 1.29 is 9.53 Å². The number of hydrogen-bond acceptors (Lipinski definition) is 3. The van der Waals surface area contributed by atoms with Crippen LogP contribution in [0.1, 0.15) is 27.9 Å². The van der Waals surface area contributed by atoms with Gasteiger partial charge in [-0.25, -0.2) is 0 Å². The van der Waals surface area contributed by atoms with Crippen LogP contribution in [0.3, 0.4) is 0 Å². The summed E-state index contributed by atoms with van der Waals surface area (Å²) in [6.45, 7) is 1.91. The van der Waals surface area contributed by atoms with E-state index in [1.54, 1.807) is 25.6 Å². The molecule has 0 fully saturated rings. The Kier molecular flexibility index (Phi) is 4.29. The summed E-state index contributed by atoms with van der Waals surface area (Å²) in [6.07, 6.45) is 4.63. The third-order valence-electron chi connectivity index (χ3n) is 3.12. The third-order valence-corrected chi connectivity index (χ3v) is 3.12. The van der Waals surface area contributed by atoms with E-state index >= 15 is 0 Å². The van der Waals surface area contributed by atoms with Crippen LogP contribution >= 0.6 is 0 Å². The van der Waals surface area contributed by atoms with Crippen molar-refractivity contribution in [3.8, 4) is 5.75 Å². The molecule has 0 unspecified atom stereocenters. The highest BCUT2D eigenvalue weighted by Gasteiger charge is 2.08. The fourth-order valence-electron chi connectivity index (χ4n) is 1.97. The maximum absolute atomic E-state index is 12.1. The lowest BCUT2D eigenvalue weighted by Gasteiger charge is -2.05. The van der Waals surface area contributed by atoms with Gasteiger partial charge in [-0.1, -0.05) is 12.1 Å². The Morgan fingerprint density at radius 2 is 1.95 bits per heavy atom.